The fourth-order valence-corrected chi connectivity index (χ4v) is 12.5. The van der Waals surface area contributed by atoms with Crippen molar-refractivity contribution in [2.75, 3.05) is 44.2 Å². The van der Waals surface area contributed by atoms with E-state index >= 15 is 0 Å². The first kappa shape index (κ1) is 69.5. The number of anilines is 8. The van der Waals surface area contributed by atoms with Crippen molar-refractivity contribution in [3.63, 3.8) is 0 Å². The van der Waals surface area contributed by atoms with Crippen LogP contribution in [-0.2, 0) is 26.2 Å². The molecule has 12 heterocycles. The van der Waals surface area contributed by atoms with Gasteiger partial charge in [-0.2, -0.15) is 38.5 Å². The Hall–Kier alpha value is -11.0. The highest BCUT2D eigenvalue weighted by Crippen LogP contribution is 2.36. The molecule has 3 aromatic carbocycles. The summed E-state index contributed by atoms with van der Waals surface area (Å²) in [5.74, 6) is 4.39. The Kier molecular flexibility index (Phi) is 21.9. The Labute approximate surface area is 619 Å². The molecule has 0 amide bonds. The third kappa shape index (κ3) is 16.7. The SMILES string of the molecule is Nc1ncc(CNc2cc(-c3ccccc3)nc3c(Br)cnn23)cn1.Nc1ncc(CNc2cc(-c3ccccc3Cl)nc3c(Br)cnn23)cn1.Nc1ncc(CNc2cc(-c3ccccc3F)nc3c(Br)cnn23)cn1.Nc1ncc(CNc2cc(C3CCCCC3)nc3c(Br)cnn23)cn1. The molecule has 0 unspecified atom stereocenters. The van der Waals surface area contributed by atoms with E-state index in [2.05, 4.69) is 161 Å². The second kappa shape index (κ2) is 32.1. The van der Waals surface area contributed by atoms with E-state index in [1.807, 2.05) is 71.2 Å². The fraction of sp³-hybridized carbons (Fsp3) is 0.147. The average Bonchev–Trinajstić information content (AvgIpc) is 1.53. The number of halogens is 6. The van der Waals surface area contributed by atoms with Crippen LogP contribution in [0.4, 0.5) is 51.5 Å². The van der Waals surface area contributed by atoms with Gasteiger partial charge in [-0.15, -0.1) is 0 Å². The monoisotopic (exact) mass is 1640 g/mol. The molecule has 102 heavy (non-hydrogen) atoms. The van der Waals surface area contributed by atoms with E-state index in [0.29, 0.717) is 65.5 Å². The van der Waals surface area contributed by atoms with Crippen molar-refractivity contribution in [3.8, 4) is 33.8 Å². The molecule has 1 aliphatic carbocycles. The Morgan fingerprint density at radius 3 is 1.13 bits per heavy atom. The molecule has 28 nitrogen and oxygen atoms in total. The minimum absolute atomic E-state index is 0.220. The van der Waals surface area contributed by atoms with Crippen LogP contribution in [-0.4, -0.2) is 98.3 Å². The molecular formula is C68H60Br4ClFN28. The molecule has 0 atom stereocenters. The van der Waals surface area contributed by atoms with Crippen LogP contribution in [0.5, 0.6) is 0 Å². The summed E-state index contributed by atoms with van der Waals surface area (Å²) in [5, 5.41) is 31.5. The van der Waals surface area contributed by atoms with Crippen molar-refractivity contribution in [1.29, 1.82) is 0 Å². The van der Waals surface area contributed by atoms with Gasteiger partial charge in [0.15, 0.2) is 22.6 Å². The number of nitrogens with two attached hydrogens (primary N) is 4. The molecule has 0 saturated heterocycles. The number of benzene rings is 3. The molecule has 16 rings (SSSR count). The summed E-state index contributed by atoms with van der Waals surface area (Å²) in [6.45, 7) is 2.11. The normalized spacial score (nSPS) is 12.1. The summed E-state index contributed by atoms with van der Waals surface area (Å²) in [4.78, 5) is 50.8. The van der Waals surface area contributed by atoms with E-state index in [9.17, 15) is 4.39 Å². The molecule has 1 saturated carbocycles. The standard InChI is InChI=1S/C17H13BrClN7.C17H13BrFN7.C17H20BrN7.C17H14BrN7/c2*18-12-9-24-26-15(21-6-10-7-22-17(20)23-8-10)5-14(25-16(12)26)11-3-1-2-4-13(11)19;2*18-13-10-23-25-15(20-7-11-8-21-17(19)22-9-11)6-14(24-16(13)25)12-4-2-1-3-5-12/h2*1-5,7-9,21H,6H2,(H2,20,22,23);6,8-10,12,20H,1-5,7H2,(H2,19,21,22);1-6,8-10,20H,7H2,(H2,19,21,22). The lowest BCUT2D eigenvalue weighted by atomic mass is 9.87. The number of fused-ring (bicyclic) bond motifs is 4. The number of nitrogens with one attached hydrogen (secondary N) is 4. The van der Waals surface area contributed by atoms with Crippen LogP contribution in [0.15, 0.2) is 195 Å². The molecule has 514 valence electrons. The maximum atomic E-state index is 14.2. The van der Waals surface area contributed by atoms with Crippen molar-refractivity contribution in [2.24, 2.45) is 0 Å². The quantitative estimate of drug-likeness (QED) is 0.0445. The molecule has 15 aromatic rings. The van der Waals surface area contributed by atoms with Crippen LogP contribution >= 0.6 is 75.3 Å². The highest BCUT2D eigenvalue weighted by molar-refractivity contribution is 9.11. The molecule has 12 N–H and O–H groups in total. The zero-order chi connectivity index (χ0) is 70.6. The molecule has 0 radical (unpaired) electrons. The number of aromatic nitrogens is 20. The number of rotatable bonds is 16. The third-order valence-corrected chi connectivity index (χ3v) is 18.5. The minimum Gasteiger partial charge on any atom is -0.368 e. The predicted molar refractivity (Wildman–Crippen MR) is 405 cm³/mol. The first-order valence-electron chi connectivity index (χ1n) is 31.6. The van der Waals surface area contributed by atoms with Gasteiger partial charge in [-0.05, 0) is 94.8 Å². The lowest BCUT2D eigenvalue weighted by molar-refractivity contribution is 0.437. The molecule has 0 aliphatic heterocycles. The number of nitrogens with zero attached hydrogens (tertiary/aromatic N) is 20. The topological polar surface area (TPSA) is 376 Å². The maximum Gasteiger partial charge on any atom is 0.219 e. The first-order chi connectivity index (χ1) is 49.6. The number of nitrogen functional groups attached to an aromatic ring is 4. The largest absolute Gasteiger partial charge is 0.368 e. The van der Waals surface area contributed by atoms with E-state index in [0.717, 1.165) is 97.1 Å². The maximum absolute atomic E-state index is 14.2. The number of hydrogen-bond donors (Lipinski definition) is 8. The van der Waals surface area contributed by atoms with E-state index < -0.39 is 0 Å². The van der Waals surface area contributed by atoms with Gasteiger partial charge in [-0.1, -0.05) is 91.5 Å². The summed E-state index contributed by atoms with van der Waals surface area (Å²) in [6, 6.07) is 31.9. The minimum atomic E-state index is -0.335. The van der Waals surface area contributed by atoms with Crippen molar-refractivity contribution in [1.82, 2.24) is 98.3 Å². The van der Waals surface area contributed by atoms with Crippen LogP contribution in [0.2, 0.25) is 5.02 Å². The first-order valence-corrected chi connectivity index (χ1v) is 35.1. The molecular weight excluding hydrogens is 1580 g/mol. The molecule has 0 spiro atoms. The van der Waals surface area contributed by atoms with Gasteiger partial charge in [-0.3, -0.25) is 0 Å². The lowest BCUT2D eigenvalue weighted by Crippen LogP contribution is -2.12. The van der Waals surface area contributed by atoms with E-state index in [1.54, 1.807) is 112 Å². The van der Waals surface area contributed by atoms with Crippen LogP contribution in [0, 0.1) is 5.82 Å². The van der Waals surface area contributed by atoms with Gasteiger partial charge in [0.1, 0.15) is 29.1 Å². The highest BCUT2D eigenvalue weighted by Gasteiger charge is 2.22. The molecule has 1 fully saturated rings. The van der Waals surface area contributed by atoms with Gasteiger partial charge in [0.25, 0.3) is 0 Å². The Morgan fingerprint density at radius 1 is 0.392 bits per heavy atom. The molecule has 34 heteroatoms. The van der Waals surface area contributed by atoms with Gasteiger partial charge in [-0.25, -0.2) is 64.2 Å². The number of hydrogen-bond acceptors (Lipinski definition) is 24. The van der Waals surface area contributed by atoms with Gasteiger partial charge in [0.2, 0.25) is 23.8 Å². The van der Waals surface area contributed by atoms with Gasteiger partial charge in [0.05, 0.1) is 59.8 Å². The van der Waals surface area contributed by atoms with E-state index in [4.69, 9.17) is 44.5 Å². The molecule has 12 aromatic heterocycles. The Balaban J connectivity index is 0.000000121. The zero-order valence-electron chi connectivity index (χ0n) is 53.7. The van der Waals surface area contributed by atoms with Gasteiger partial charge < -0.3 is 44.2 Å². The van der Waals surface area contributed by atoms with Crippen molar-refractivity contribution in [2.45, 2.75) is 64.2 Å². The van der Waals surface area contributed by atoms with E-state index in [-0.39, 0.29) is 29.6 Å². The van der Waals surface area contributed by atoms with E-state index in [1.165, 1.54) is 38.2 Å². The van der Waals surface area contributed by atoms with Crippen molar-refractivity contribution < 1.29 is 4.39 Å². The Bertz CT molecular complexity index is 5200. The Morgan fingerprint density at radius 2 is 0.725 bits per heavy atom. The zero-order valence-corrected chi connectivity index (χ0v) is 60.8. The second-order valence-electron chi connectivity index (χ2n) is 22.9. The second-order valence-corrected chi connectivity index (χ2v) is 26.8. The van der Waals surface area contributed by atoms with Crippen LogP contribution in [0.3, 0.4) is 0 Å². The predicted octanol–water partition coefficient (Wildman–Crippen LogP) is 13.7. The van der Waals surface area contributed by atoms with Crippen LogP contribution < -0.4 is 44.2 Å². The third-order valence-electron chi connectivity index (χ3n) is 15.9. The van der Waals surface area contributed by atoms with Crippen molar-refractivity contribution >= 4 is 145 Å². The highest BCUT2D eigenvalue weighted by atomic mass is 79.9. The summed E-state index contributed by atoms with van der Waals surface area (Å²) in [5.41, 5.74) is 34.2. The van der Waals surface area contributed by atoms with Crippen molar-refractivity contribution in [3.05, 3.63) is 234 Å². The summed E-state index contributed by atoms with van der Waals surface area (Å²) >= 11 is 20.3. The van der Waals surface area contributed by atoms with Gasteiger partial charge in [0, 0.05) is 156 Å². The molecule has 0 bridgehead atoms. The fourth-order valence-electron chi connectivity index (χ4n) is 10.8. The summed E-state index contributed by atoms with van der Waals surface area (Å²) < 4.78 is 24.4. The summed E-state index contributed by atoms with van der Waals surface area (Å²) in [6.07, 6.45) is 26.7. The molecule has 1 aliphatic rings. The summed E-state index contributed by atoms with van der Waals surface area (Å²) in [7, 11) is 0. The van der Waals surface area contributed by atoms with Gasteiger partial charge >= 0.3 is 0 Å². The van der Waals surface area contributed by atoms with Crippen LogP contribution in [0.25, 0.3) is 56.4 Å². The average molecular weight is 1640 g/mol. The lowest BCUT2D eigenvalue weighted by Gasteiger charge is -2.22. The van der Waals surface area contributed by atoms with Crippen LogP contribution in [0.1, 0.15) is 66.0 Å². The smallest absolute Gasteiger partial charge is 0.219 e.